The number of carbonyl (C=O) groups is 2. The van der Waals surface area contributed by atoms with Gasteiger partial charge < -0.3 is 15.2 Å². The van der Waals surface area contributed by atoms with E-state index in [0.717, 1.165) is 5.56 Å². The number of hydrogen-bond donors (Lipinski definition) is 2. The summed E-state index contributed by atoms with van der Waals surface area (Å²) in [4.78, 5) is 22.5. The average molecular weight is 265 g/mol. The van der Waals surface area contributed by atoms with E-state index in [2.05, 4.69) is 5.32 Å². The summed E-state index contributed by atoms with van der Waals surface area (Å²) >= 11 is 0. The summed E-state index contributed by atoms with van der Waals surface area (Å²) < 4.78 is 5.36. The highest BCUT2D eigenvalue weighted by Gasteiger charge is 2.14. The number of rotatable bonds is 4. The van der Waals surface area contributed by atoms with Crippen molar-refractivity contribution in [1.82, 2.24) is 5.32 Å². The van der Waals surface area contributed by atoms with E-state index < -0.39 is 5.97 Å². The number of benzene rings is 1. The quantitative estimate of drug-likeness (QED) is 0.873. The first-order valence-electron chi connectivity index (χ1n) is 5.97. The van der Waals surface area contributed by atoms with E-state index in [1.54, 1.807) is 13.0 Å². The van der Waals surface area contributed by atoms with Gasteiger partial charge in [-0.3, -0.25) is 4.79 Å². The average Bonchev–Trinajstić information content (AvgIpc) is 2.25. The van der Waals surface area contributed by atoms with Gasteiger partial charge in [0.1, 0.15) is 5.75 Å². The molecule has 0 fully saturated rings. The Balaban J connectivity index is 2.70. The molecule has 1 aromatic rings. The van der Waals surface area contributed by atoms with Gasteiger partial charge in [-0.2, -0.15) is 0 Å². The van der Waals surface area contributed by atoms with Crippen LogP contribution in [-0.2, 0) is 4.79 Å². The number of amides is 1. The Labute approximate surface area is 112 Å². The molecular formula is C14H19NO4. The molecule has 19 heavy (non-hydrogen) atoms. The summed E-state index contributed by atoms with van der Waals surface area (Å²) in [6, 6.07) is 4.57. The van der Waals surface area contributed by atoms with Gasteiger partial charge >= 0.3 is 5.97 Å². The van der Waals surface area contributed by atoms with E-state index in [0.29, 0.717) is 5.75 Å². The lowest BCUT2D eigenvalue weighted by Gasteiger charge is -2.20. The molecule has 104 valence electrons. The minimum atomic E-state index is -1.02. The third kappa shape index (κ3) is 4.99. The lowest BCUT2D eigenvalue weighted by molar-refractivity contribution is -0.124. The normalized spacial score (nSPS) is 10.9. The summed E-state index contributed by atoms with van der Waals surface area (Å²) in [5, 5.41) is 11.7. The van der Waals surface area contributed by atoms with Gasteiger partial charge in [-0.25, -0.2) is 4.79 Å². The zero-order valence-electron chi connectivity index (χ0n) is 11.6. The smallest absolute Gasteiger partial charge is 0.335 e. The molecule has 0 atom stereocenters. The van der Waals surface area contributed by atoms with E-state index in [1.165, 1.54) is 12.1 Å². The van der Waals surface area contributed by atoms with E-state index in [1.807, 2.05) is 20.8 Å². The Morgan fingerprint density at radius 2 is 1.95 bits per heavy atom. The molecule has 0 bridgehead atoms. The van der Waals surface area contributed by atoms with Crippen molar-refractivity contribution in [3.63, 3.8) is 0 Å². The molecule has 0 spiro atoms. The maximum atomic E-state index is 11.6. The fourth-order valence-corrected chi connectivity index (χ4v) is 1.49. The van der Waals surface area contributed by atoms with Crippen LogP contribution in [0.4, 0.5) is 0 Å². The van der Waals surface area contributed by atoms with Crippen LogP contribution < -0.4 is 10.1 Å². The molecule has 0 saturated carbocycles. The first-order chi connectivity index (χ1) is 8.69. The zero-order chi connectivity index (χ0) is 14.6. The third-order valence-corrected chi connectivity index (χ3v) is 2.31. The predicted molar refractivity (Wildman–Crippen MR) is 71.5 cm³/mol. The molecule has 5 heteroatoms. The summed E-state index contributed by atoms with van der Waals surface area (Å²) in [5.41, 5.74) is 0.601. The lowest BCUT2D eigenvalue weighted by atomic mass is 10.1. The number of carbonyl (C=O) groups excluding carboxylic acids is 1. The molecule has 0 unspecified atom stereocenters. The molecular weight excluding hydrogens is 246 g/mol. The highest BCUT2D eigenvalue weighted by Crippen LogP contribution is 2.19. The molecule has 1 aromatic carbocycles. The van der Waals surface area contributed by atoms with Crippen LogP contribution in [0.3, 0.4) is 0 Å². The Morgan fingerprint density at radius 3 is 2.47 bits per heavy atom. The minimum Gasteiger partial charge on any atom is -0.483 e. The molecule has 0 radical (unpaired) electrons. The van der Waals surface area contributed by atoms with E-state index in [9.17, 15) is 9.59 Å². The van der Waals surface area contributed by atoms with Crippen LogP contribution >= 0.6 is 0 Å². The number of hydrogen-bond acceptors (Lipinski definition) is 3. The number of aryl methyl sites for hydroxylation is 1. The van der Waals surface area contributed by atoms with Crippen LogP contribution in [-0.4, -0.2) is 29.1 Å². The largest absolute Gasteiger partial charge is 0.483 e. The number of carboxylic acids is 1. The van der Waals surface area contributed by atoms with Gasteiger partial charge in [0.2, 0.25) is 0 Å². The van der Waals surface area contributed by atoms with Crippen LogP contribution in [0.15, 0.2) is 18.2 Å². The molecule has 0 aliphatic rings. The number of nitrogens with one attached hydrogen (secondary N) is 1. The van der Waals surface area contributed by atoms with E-state index in [-0.39, 0.29) is 23.6 Å². The highest BCUT2D eigenvalue weighted by molar-refractivity contribution is 5.88. The topological polar surface area (TPSA) is 75.6 Å². The Bertz CT molecular complexity index is 489. The fraction of sp³-hybridized carbons (Fsp3) is 0.429. The van der Waals surface area contributed by atoms with Gasteiger partial charge in [0, 0.05) is 5.54 Å². The minimum absolute atomic E-state index is 0.136. The second-order valence-corrected chi connectivity index (χ2v) is 5.37. The standard InChI is InChI=1S/C14H19NO4/c1-9-5-6-10(13(17)18)7-11(9)19-8-12(16)15-14(2,3)4/h5-7H,8H2,1-4H3,(H,15,16)(H,17,18). The molecule has 5 nitrogen and oxygen atoms in total. The molecule has 2 N–H and O–H groups in total. The van der Waals surface area contributed by atoms with Gasteiger partial charge in [0.05, 0.1) is 5.56 Å². The SMILES string of the molecule is Cc1ccc(C(=O)O)cc1OCC(=O)NC(C)(C)C. The molecule has 0 saturated heterocycles. The molecule has 0 aromatic heterocycles. The number of aromatic carboxylic acids is 1. The van der Waals surface area contributed by atoms with E-state index >= 15 is 0 Å². The van der Waals surface area contributed by atoms with Gasteiger partial charge in [0.25, 0.3) is 5.91 Å². The van der Waals surface area contributed by atoms with Gasteiger partial charge in [-0.1, -0.05) is 6.07 Å². The zero-order valence-corrected chi connectivity index (χ0v) is 11.6. The molecule has 0 heterocycles. The Morgan fingerprint density at radius 1 is 1.32 bits per heavy atom. The van der Waals surface area contributed by atoms with Crippen LogP contribution in [0.5, 0.6) is 5.75 Å². The molecule has 0 aliphatic carbocycles. The van der Waals surface area contributed by atoms with Crippen molar-refractivity contribution in [2.24, 2.45) is 0 Å². The first kappa shape index (κ1) is 15.0. The molecule has 1 amide bonds. The second-order valence-electron chi connectivity index (χ2n) is 5.37. The molecule has 1 rings (SSSR count). The van der Waals surface area contributed by atoms with Crippen LogP contribution in [0.25, 0.3) is 0 Å². The number of ether oxygens (including phenoxy) is 1. The van der Waals surface area contributed by atoms with Gasteiger partial charge in [-0.15, -0.1) is 0 Å². The number of carboxylic acid groups (broad SMARTS) is 1. The van der Waals surface area contributed by atoms with Crippen molar-refractivity contribution in [3.8, 4) is 5.75 Å². The Hall–Kier alpha value is -2.04. The predicted octanol–water partition coefficient (Wildman–Crippen LogP) is 1.99. The van der Waals surface area contributed by atoms with Crippen molar-refractivity contribution in [2.75, 3.05) is 6.61 Å². The lowest BCUT2D eigenvalue weighted by Crippen LogP contribution is -2.43. The third-order valence-electron chi connectivity index (χ3n) is 2.31. The summed E-state index contributed by atoms with van der Waals surface area (Å²) in [5.74, 6) is -0.861. The van der Waals surface area contributed by atoms with Crippen LogP contribution in [0.2, 0.25) is 0 Å². The van der Waals surface area contributed by atoms with Gasteiger partial charge in [0.15, 0.2) is 6.61 Å². The molecule has 0 aliphatic heterocycles. The second kappa shape index (κ2) is 5.73. The van der Waals surface area contributed by atoms with Crippen molar-refractivity contribution in [1.29, 1.82) is 0 Å². The summed E-state index contributed by atoms with van der Waals surface area (Å²) in [7, 11) is 0. The summed E-state index contributed by atoms with van der Waals surface area (Å²) in [6.45, 7) is 7.29. The maximum absolute atomic E-state index is 11.6. The fourth-order valence-electron chi connectivity index (χ4n) is 1.49. The van der Waals surface area contributed by atoms with Crippen molar-refractivity contribution in [3.05, 3.63) is 29.3 Å². The summed E-state index contributed by atoms with van der Waals surface area (Å²) in [6.07, 6.45) is 0. The highest BCUT2D eigenvalue weighted by atomic mass is 16.5. The van der Waals surface area contributed by atoms with Crippen molar-refractivity contribution < 1.29 is 19.4 Å². The monoisotopic (exact) mass is 265 g/mol. The van der Waals surface area contributed by atoms with Crippen LogP contribution in [0, 0.1) is 6.92 Å². The van der Waals surface area contributed by atoms with Gasteiger partial charge in [-0.05, 0) is 45.4 Å². The van der Waals surface area contributed by atoms with E-state index in [4.69, 9.17) is 9.84 Å². The van der Waals surface area contributed by atoms with Crippen molar-refractivity contribution in [2.45, 2.75) is 33.2 Å². The van der Waals surface area contributed by atoms with Crippen molar-refractivity contribution >= 4 is 11.9 Å². The maximum Gasteiger partial charge on any atom is 0.335 e. The van der Waals surface area contributed by atoms with Crippen LogP contribution in [0.1, 0.15) is 36.7 Å². The first-order valence-corrected chi connectivity index (χ1v) is 5.97. The Kier molecular flexibility index (Phi) is 4.53.